The number of ether oxygens (including phenoxy) is 1. The molecule has 2 rings (SSSR count). The van der Waals surface area contributed by atoms with Gasteiger partial charge < -0.3 is 20.1 Å². The van der Waals surface area contributed by atoms with Gasteiger partial charge in [-0.2, -0.15) is 0 Å². The topological polar surface area (TPSA) is 61.8 Å². The Labute approximate surface area is 115 Å². The first-order valence-electron chi connectivity index (χ1n) is 7.24. The van der Waals surface area contributed by atoms with Crippen LogP contribution in [0.2, 0.25) is 0 Å². The number of piperidine rings is 1. The Kier molecular flexibility index (Phi) is 4.48. The number of carbonyl (C=O) groups is 1. The smallest absolute Gasteiger partial charge is 0.227 e. The van der Waals surface area contributed by atoms with Gasteiger partial charge in [-0.15, -0.1) is 0 Å². The number of amides is 1. The van der Waals surface area contributed by atoms with Crippen LogP contribution in [0.3, 0.4) is 0 Å². The van der Waals surface area contributed by atoms with Gasteiger partial charge >= 0.3 is 0 Å². The largest absolute Gasteiger partial charge is 0.394 e. The Morgan fingerprint density at radius 3 is 2.89 bits per heavy atom. The van der Waals surface area contributed by atoms with Crippen molar-refractivity contribution < 1.29 is 14.6 Å². The summed E-state index contributed by atoms with van der Waals surface area (Å²) in [5.74, 6) is 0.261. The van der Waals surface area contributed by atoms with Crippen molar-refractivity contribution in [3.8, 4) is 0 Å². The van der Waals surface area contributed by atoms with Crippen LogP contribution in [0.5, 0.6) is 0 Å². The van der Waals surface area contributed by atoms with Crippen molar-refractivity contribution in [3.63, 3.8) is 0 Å². The van der Waals surface area contributed by atoms with Gasteiger partial charge in [0.1, 0.15) is 0 Å². The molecule has 5 heteroatoms. The van der Waals surface area contributed by atoms with Crippen LogP contribution in [0.1, 0.15) is 33.6 Å². The van der Waals surface area contributed by atoms with E-state index in [1.807, 2.05) is 18.7 Å². The monoisotopic (exact) mass is 270 g/mol. The van der Waals surface area contributed by atoms with Crippen LogP contribution >= 0.6 is 0 Å². The van der Waals surface area contributed by atoms with E-state index in [2.05, 4.69) is 12.2 Å². The highest BCUT2D eigenvalue weighted by molar-refractivity contribution is 5.80. The number of rotatable bonds is 2. The highest BCUT2D eigenvalue weighted by Crippen LogP contribution is 2.25. The number of nitrogens with one attached hydrogen (secondary N) is 1. The molecule has 0 spiro atoms. The molecule has 110 valence electrons. The second-order valence-electron chi connectivity index (χ2n) is 6.39. The molecule has 2 N–H and O–H groups in total. The Balaban J connectivity index is 2.05. The minimum Gasteiger partial charge on any atom is -0.394 e. The van der Waals surface area contributed by atoms with E-state index in [0.29, 0.717) is 13.1 Å². The molecule has 0 aromatic rings. The number of aliphatic hydroxyl groups is 1. The molecule has 2 saturated heterocycles. The number of carbonyl (C=O) groups excluding carboxylic acids is 1. The van der Waals surface area contributed by atoms with Crippen LogP contribution in [0, 0.1) is 5.92 Å². The number of nitrogens with zero attached hydrogens (tertiary/aromatic N) is 1. The van der Waals surface area contributed by atoms with Gasteiger partial charge in [-0.25, -0.2) is 0 Å². The van der Waals surface area contributed by atoms with Crippen molar-refractivity contribution in [1.82, 2.24) is 10.2 Å². The number of hydrogen-bond donors (Lipinski definition) is 2. The van der Waals surface area contributed by atoms with E-state index in [0.717, 1.165) is 19.4 Å². The van der Waals surface area contributed by atoms with Gasteiger partial charge in [0.05, 0.1) is 24.2 Å². The highest BCUT2D eigenvalue weighted by Gasteiger charge is 2.39. The Bertz CT molecular complexity index is 333. The van der Waals surface area contributed by atoms with Gasteiger partial charge in [0.2, 0.25) is 5.91 Å². The van der Waals surface area contributed by atoms with E-state index in [1.165, 1.54) is 0 Å². The summed E-state index contributed by atoms with van der Waals surface area (Å²) in [6.07, 6.45) is 1.74. The molecule has 2 aliphatic rings. The van der Waals surface area contributed by atoms with E-state index in [1.54, 1.807) is 0 Å². The van der Waals surface area contributed by atoms with Crippen LogP contribution in [-0.4, -0.2) is 59.9 Å². The zero-order valence-electron chi connectivity index (χ0n) is 12.2. The van der Waals surface area contributed by atoms with Gasteiger partial charge in [0.15, 0.2) is 0 Å². The minimum absolute atomic E-state index is 0.0360. The second kappa shape index (κ2) is 5.77. The molecular formula is C14H26N2O3. The van der Waals surface area contributed by atoms with E-state index in [-0.39, 0.29) is 36.2 Å². The molecule has 0 aromatic heterocycles. The lowest BCUT2D eigenvalue weighted by Crippen LogP contribution is -2.58. The number of aliphatic hydroxyl groups excluding tert-OH is 1. The maximum atomic E-state index is 12.7. The molecular weight excluding hydrogens is 244 g/mol. The summed E-state index contributed by atoms with van der Waals surface area (Å²) in [5, 5.41) is 12.7. The molecule has 3 unspecified atom stereocenters. The fourth-order valence-electron chi connectivity index (χ4n) is 3.17. The van der Waals surface area contributed by atoms with Crippen molar-refractivity contribution in [1.29, 1.82) is 0 Å². The third kappa shape index (κ3) is 3.46. The van der Waals surface area contributed by atoms with Crippen LogP contribution in [0.15, 0.2) is 0 Å². The first-order chi connectivity index (χ1) is 8.93. The summed E-state index contributed by atoms with van der Waals surface area (Å²) in [7, 11) is 0. The summed E-state index contributed by atoms with van der Waals surface area (Å²) >= 11 is 0. The maximum Gasteiger partial charge on any atom is 0.227 e. The Hall–Kier alpha value is -0.650. The van der Waals surface area contributed by atoms with Gasteiger partial charge in [-0.1, -0.05) is 0 Å². The van der Waals surface area contributed by atoms with Gasteiger partial charge in [0.25, 0.3) is 0 Å². The van der Waals surface area contributed by atoms with E-state index >= 15 is 0 Å². The zero-order valence-corrected chi connectivity index (χ0v) is 12.2. The molecule has 19 heavy (non-hydrogen) atoms. The zero-order chi connectivity index (χ0) is 14.0. The Morgan fingerprint density at radius 2 is 2.26 bits per heavy atom. The van der Waals surface area contributed by atoms with Crippen molar-refractivity contribution in [2.75, 3.05) is 26.2 Å². The van der Waals surface area contributed by atoms with Gasteiger partial charge in [0, 0.05) is 19.1 Å². The lowest BCUT2D eigenvalue weighted by molar-refractivity contribution is -0.171. The molecule has 0 aromatic carbocycles. The fourth-order valence-corrected chi connectivity index (χ4v) is 3.17. The molecule has 1 amide bonds. The fraction of sp³-hybridized carbons (Fsp3) is 0.929. The van der Waals surface area contributed by atoms with E-state index in [4.69, 9.17) is 4.74 Å². The summed E-state index contributed by atoms with van der Waals surface area (Å²) < 4.78 is 5.76. The quantitative estimate of drug-likeness (QED) is 0.761. The third-order valence-electron chi connectivity index (χ3n) is 4.08. The second-order valence-corrected chi connectivity index (χ2v) is 6.39. The van der Waals surface area contributed by atoms with Crippen LogP contribution in [0.25, 0.3) is 0 Å². The van der Waals surface area contributed by atoms with Crippen molar-refractivity contribution >= 4 is 5.91 Å². The van der Waals surface area contributed by atoms with Crippen molar-refractivity contribution in [2.24, 2.45) is 5.92 Å². The molecule has 3 atom stereocenters. The van der Waals surface area contributed by atoms with E-state index < -0.39 is 0 Å². The lowest BCUT2D eigenvalue weighted by Gasteiger charge is -2.44. The van der Waals surface area contributed by atoms with Crippen LogP contribution < -0.4 is 5.32 Å². The van der Waals surface area contributed by atoms with E-state index in [9.17, 15) is 9.90 Å². The summed E-state index contributed by atoms with van der Waals surface area (Å²) in [6, 6.07) is 0.236. The summed E-state index contributed by atoms with van der Waals surface area (Å²) in [5.41, 5.74) is -0.382. The SMILES string of the molecule is CC1NCCCC1C(=O)N1CC(CO)OC(C)(C)C1. The van der Waals surface area contributed by atoms with Gasteiger partial charge in [-0.3, -0.25) is 4.79 Å². The molecule has 0 aliphatic carbocycles. The molecule has 5 nitrogen and oxygen atoms in total. The summed E-state index contributed by atoms with van der Waals surface area (Å²) in [6.45, 7) is 8.09. The first kappa shape index (κ1) is 14.8. The highest BCUT2D eigenvalue weighted by atomic mass is 16.5. The van der Waals surface area contributed by atoms with Crippen LogP contribution in [-0.2, 0) is 9.53 Å². The molecule has 2 heterocycles. The third-order valence-corrected chi connectivity index (χ3v) is 4.08. The molecule has 2 aliphatic heterocycles. The first-order valence-corrected chi connectivity index (χ1v) is 7.24. The minimum atomic E-state index is -0.382. The standard InChI is InChI=1S/C14H26N2O3/c1-10-12(5-4-6-15-10)13(18)16-7-11(8-17)19-14(2,3)9-16/h10-12,15,17H,4-9H2,1-3H3. The average Bonchev–Trinajstić information content (AvgIpc) is 2.36. The predicted molar refractivity (Wildman–Crippen MR) is 72.8 cm³/mol. The predicted octanol–water partition coefficient (Wildman–Crippen LogP) is 0.373. The number of morpholine rings is 1. The number of hydrogen-bond acceptors (Lipinski definition) is 4. The average molecular weight is 270 g/mol. The lowest BCUT2D eigenvalue weighted by atomic mass is 9.90. The molecule has 0 radical (unpaired) electrons. The van der Waals surface area contributed by atoms with Gasteiger partial charge in [-0.05, 0) is 40.2 Å². The summed E-state index contributed by atoms with van der Waals surface area (Å²) in [4.78, 5) is 14.5. The molecule has 2 fully saturated rings. The van der Waals surface area contributed by atoms with Crippen LogP contribution in [0.4, 0.5) is 0 Å². The molecule has 0 bridgehead atoms. The van der Waals surface area contributed by atoms with Crippen molar-refractivity contribution in [3.05, 3.63) is 0 Å². The van der Waals surface area contributed by atoms with Crippen molar-refractivity contribution in [2.45, 2.75) is 51.4 Å². The normalized spacial score (nSPS) is 35.2. The Morgan fingerprint density at radius 1 is 1.53 bits per heavy atom. The molecule has 0 saturated carbocycles. The maximum absolute atomic E-state index is 12.7.